The van der Waals surface area contributed by atoms with Crippen molar-refractivity contribution in [3.8, 4) is 0 Å². The van der Waals surface area contributed by atoms with Crippen LogP contribution in [0.4, 0.5) is 0 Å². The highest BCUT2D eigenvalue weighted by Crippen LogP contribution is 2.29. The van der Waals surface area contributed by atoms with Crippen LogP contribution >= 0.6 is 11.8 Å². The van der Waals surface area contributed by atoms with E-state index in [-0.39, 0.29) is 16.7 Å². The van der Waals surface area contributed by atoms with Gasteiger partial charge in [0.2, 0.25) is 5.91 Å². The standard InChI is InChI=1S/C10H16N4OS/c1-10(2,3)14-6-12-13-9(14)16-7-4-5-11-8(7)15/h6-7H,4-5H2,1-3H3,(H,11,15). The van der Waals surface area contributed by atoms with E-state index < -0.39 is 0 Å². The van der Waals surface area contributed by atoms with Crippen molar-refractivity contribution in [2.24, 2.45) is 0 Å². The molecule has 1 amide bonds. The first-order valence-electron chi connectivity index (χ1n) is 5.33. The number of rotatable bonds is 2. The van der Waals surface area contributed by atoms with Gasteiger partial charge in [0.15, 0.2) is 5.16 Å². The summed E-state index contributed by atoms with van der Waals surface area (Å²) in [5.41, 5.74) is -0.0546. The van der Waals surface area contributed by atoms with Gasteiger partial charge in [0, 0.05) is 12.1 Å². The predicted molar refractivity (Wildman–Crippen MR) is 62.3 cm³/mol. The third kappa shape index (κ3) is 2.21. The van der Waals surface area contributed by atoms with E-state index in [1.54, 1.807) is 6.33 Å². The summed E-state index contributed by atoms with van der Waals surface area (Å²) in [6.45, 7) is 7.04. The molecule has 1 aliphatic heterocycles. The lowest BCUT2D eigenvalue weighted by Crippen LogP contribution is -2.24. The normalized spacial score (nSPS) is 21.2. The number of carbonyl (C=O) groups is 1. The van der Waals surface area contributed by atoms with Crippen LogP contribution in [-0.4, -0.2) is 32.5 Å². The summed E-state index contributed by atoms with van der Waals surface area (Å²) < 4.78 is 2.00. The maximum Gasteiger partial charge on any atom is 0.233 e. The minimum Gasteiger partial charge on any atom is -0.355 e. The minimum absolute atomic E-state index is 0.0229. The van der Waals surface area contributed by atoms with Crippen molar-refractivity contribution >= 4 is 17.7 Å². The first-order valence-corrected chi connectivity index (χ1v) is 6.21. The predicted octanol–water partition coefficient (Wildman–Crippen LogP) is 1.01. The first-order chi connectivity index (χ1) is 7.48. The van der Waals surface area contributed by atoms with Crippen LogP contribution in [0, 0.1) is 0 Å². The lowest BCUT2D eigenvalue weighted by atomic mass is 10.1. The fourth-order valence-electron chi connectivity index (χ4n) is 1.58. The van der Waals surface area contributed by atoms with Gasteiger partial charge in [-0.1, -0.05) is 11.8 Å². The molecule has 1 unspecified atom stereocenters. The Hall–Kier alpha value is -1.04. The molecule has 1 atom stereocenters. The van der Waals surface area contributed by atoms with E-state index in [0.717, 1.165) is 18.1 Å². The van der Waals surface area contributed by atoms with Crippen LogP contribution in [-0.2, 0) is 10.3 Å². The van der Waals surface area contributed by atoms with Gasteiger partial charge >= 0.3 is 0 Å². The van der Waals surface area contributed by atoms with Gasteiger partial charge in [-0.25, -0.2) is 0 Å². The van der Waals surface area contributed by atoms with Crippen molar-refractivity contribution in [2.45, 2.75) is 43.1 Å². The van der Waals surface area contributed by atoms with Crippen molar-refractivity contribution < 1.29 is 4.79 Å². The number of nitrogens with zero attached hydrogens (tertiary/aromatic N) is 3. The van der Waals surface area contributed by atoms with Crippen LogP contribution in [0.25, 0.3) is 0 Å². The number of amides is 1. The lowest BCUT2D eigenvalue weighted by Gasteiger charge is -2.22. The number of carbonyl (C=O) groups excluding carboxylic acids is 1. The third-order valence-corrected chi connectivity index (χ3v) is 3.71. The molecule has 1 aromatic heterocycles. The van der Waals surface area contributed by atoms with Crippen molar-refractivity contribution in [2.75, 3.05) is 6.54 Å². The maximum absolute atomic E-state index is 11.5. The number of nitrogens with one attached hydrogen (secondary N) is 1. The largest absolute Gasteiger partial charge is 0.355 e. The number of hydrogen-bond acceptors (Lipinski definition) is 4. The molecule has 1 aromatic rings. The second-order valence-electron chi connectivity index (χ2n) is 4.84. The molecule has 16 heavy (non-hydrogen) atoms. The second kappa shape index (κ2) is 4.08. The first kappa shape index (κ1) is 11.4. The second-order valence-corrected chi connectivity index (χ2v) is 6.01. The quantitative estimate of drug-likeness (QED) is 0.838. The van der Waals surface area contributed by atoms with Crippen molar-refractivity contribution in [1.82, 2.24) is 20.1 Å². The van der Waals surface area contributed by atoms with Crippen molar-refractivity contribution in [3.63, 3.8) is 0 Å². The summed E-state index contributed by atoms with van der Waals surface area (Å²) in [4.78, 5) is 11.5. The van der Waals surface area contributed by atoms with Gasteiger partial charge in [0.1, 0.15) is 6.33 Å². The maximum atomic E-state index is 11.5. The molecule has 6 heteroatoms. The van der Waals surface area contributed by atoms with Gasteiger partial charge in [0.25, 0.3) is 0 Å². The molecule has 0 radical (unpaired) electrons. The molecule has 1 aliphatic rings. The Morgan fingerprint density at radius 1 is 1.56 bits per heavy atom. The Labute approximate surface area is 99.0 Å². The Kier molecular flexibility index (Phi) is 2.92. The van der Waals surface area contributed by atoms with Crippen molar-refractivity contribution in [3.05, 3.63) is 6.33 Å². The summed E-state index contributed by atoms with van der Waals surface area (Å²) in [7, 11) is 0. The molecule has 5 nitrogen and oxygen atoms in total. The van der Waals surface area contributed by atoms with E-state index in [9.17, 15) is 4.79 Å². The molecular weight excluding hydrogens is 224 g/mol. The molecule has 1 N–H and O–H groups in total. The summed E-state index contributed by atoms with van der Waals surface area (Å²) in [5.74, 6) is 0.105. The van der Waals surface area contributed by atoms with Crippen LogP contribution in [0.1, 0.15) is 27.2 Å². The summed E-state index contributed by atoms with van der Waals surface area (Å²) >= 11 is 1.50. The molecule has 1 fully saturated rings. The van der Waals surface area contributed by atoms with Crippen LogP contribution in [0.3, 0.4) is 0 Å². The molecule has 2 heterocycles. The highest BCUT2D eigenvalue weighted by Gasteiger charge is 2.28. The van der Waals surface area contributed by atoms with Gasteiger partial charge in [-0.3, -0.25) is 4.79 Å². The summed E-state index contributed by atoms with van der Waals surface area (Å²) in [6.07, 6.45) is 2.58. The topological polar surface area (TPSA) is 59.8 Å². The Morgan fingerprint density at radius 3 is 2.88 bits per heavy atom. The van der Waals surface area contributed by atoms with Crippen LogP contribution in [0.5, 0.6) is 0 Å². The highest BCUT2D eigenvalue weighted by atomic mass is 32.2. The van der Waals surface area contributed by atoms with E-state index in [4.69, 9.17) is 0 Å². The molecule has 0 spiro atoms. The van der Waals surface area contributed by atoms with E-state index in [1.165, 1.54) is 11.8 Å². The molecular formula is C10H16N4OS. The van der Waals surface area contributed by atoms with Crippen LogP contribution in [0.2, 0.25) is 0 Å². The highest BCUT2D eigenvalue weighted by molar-refractivity contribution is 8.00. The molecule has 1 saturated heterocycles. The van der Waals surface area contributed by atoms with Gasteiger partial charge in [-0.15, -0.1) is 10.2 Å². The average molecular weight is 240 g/mol. The zero-order valence-electron chi connectivity index (χ0n) is 9.73. The van der Waals surface area contributed by atoms with Gasteiger partial charge in [0.05, 0.1) is 5.25 Å². The fourth-order valence-corrected chi connectivity index (χ4v) is 2.79. The molecule has 2 rings (SSSR count). The fraction of sp³-hybridized carbons (Fsp3) is 0.700. The van der Waals surface area contributed by atoms with E-state index in [2.05, 4.69) is 36.3 Å². The minimum atomic E-state index is -0.0546. The SMILES string of the molecule is CC(C)(C)n1cnnc1SC1CCNC1=O. The van der Waals surface area contributed by atoms with Gasteiger partial charge in [-0.2, -0.15) is 0 Å². The molecule has 0 aliphatic carbocycles. The van der Waals surface area contributed by atoms with E-state index >= 15 is 0 Å². The number of hydrogen-bond donors (Lipinski definition) is 1. The summed E-state index contributed by atoms with van der Waals surface area (Å²) in [5, 5.41) is 11.6. The zero-order valence-corrected chi connectivity index (χ0v) is 10.5. The van der Waals surface area contributed by atoms with E-state index in [1.807, 2.05) is 4.57 Å². The van der Waals surface area contributed by atoms with Crippen molar-refractivity contribution in [1.29, 1.82) is 0 Å². The third-order valence-electron chi connectivity index (χ3n) is 2.49. The average Bonchev–Trinajstić information content (AvgIpc) is 2.76. The summed E-state index contributed by atoms with van der Waals surface area (Å²) in [6, 6.07) is 0. The van der Waals surface area contributed by atoms with Gasteiger partial charge in [-0.05, 0) is 27.2 Å². The zero-order chi connectivity index (χ0) is 11.8. The van der Waals surface area contributed by atoms with Crippen LogP contribution < -0.4 is 5.32 Å². The van der Waals surface area contributed by atoms with E-state index in [0.29, 0.717) is 0 Å². The lowest BCUT2D eigenvalue weighted by molar-refractivity contribution is -0.118. The van der Waals surface area contributed by atoms with Gasteiger partial charge < -0.3 is 9.88 Å². The number of thioether (sulfide) groups is 1. The molecule has 88 valence electrons. The molecule has 0 saturated carbocycles. The Bertz CT molecular complexity index is 396. The van der Waals surface area contributed by atoms with Crippen LogP contribution in [0.15, 0.2) is 11.5 Å². The Morgan fingerprint density at radius 2 is 2.31 bits per heavy atom. The monoisotopic (exact) mass is 240 g/mol. The number of aromatic nitrogens is 3. The smallest absolute Gasteiger partial charge is 0.233 e. The molecule has 0 aromatic carbocycles. The Balaban J connectivity index is 2.16. The molecule has 0 bridgehead atoms.